The molecule has 30 heavy (non-hydrogen) atoms. The SMILES string of the molecule is [CH2]CCN1c2cc(Cl)ccc2C(=O)N(CCCOC2CCCCO2)c2ccccc21. The standard InChI is InChI=1S/C24H28ClN2O3/c1-2-13-26-20-8-3-4-9-21(20)27(14-7-16-30-23-10-5-6-15-29-23)24(28)19-12-11-18(25)17-22(19)26/h3-4,8-9,11-12,17,23H,1-2,5-7,10,13-16H2. The Hall–Kier alpha value is -2.08. The lowest BCUT2D eigenvalue weighted by Crippen LogP contribution is -2.32. The summed E-state index contributed by atoms with van der Waals surface area (Å²) in [6.07, 6.45) is 4.53. The molecule has 1 fully saturated rings. The van der Waals surface area contributed by atoms with Crippen molar-refractivity contribution in [2.75, 3.05) is 36.1 Å². The molecule has 1 atom stereocenters. The molecule has 2 aromatic rings. The molecule has 0 aromatic heterocycles. The summed E-state index contributed by atoms with van der Waals surface area (Å²) in [5, 5.41) is 0.613. The lowest BCUT2D eigenvalue weighted by molar-refractivity contribution is -0.162. The molecule has 0 bridgehead atoms. The highest BCUT2D eigenvalue weighted by Gasteiger charge is 2.30. The smallest absolute Gasteiger partial charge is 0.260 e. The predicted octanol–water partition coefficient (Wildman–Crippen LogP) is 5.60. The van der Waals surface area contributed by atoms with Crippen molar-refractivity contribution in [2.45, 2.75) is 38.4 Å². The van der Waals surface area contributed by atoms with Crippen molar-refractivity contribution in [1.82, 2.24) is 0 Å². The molecular weight excluding hydrogens is 400 g/mol. The highest BCUT2D eigenvalue weighted by atomic mass is 35.5. The van der Waals surface area contributed by atoms with Crippen molar-refractivity contribution in [3.8, 4) is 0 Å². The lowest BCUT2D eigenvalue weighted by atomic mass is 10.1. The van der Waals surface area contributed by atoms with Crippen molar-refractivity contribution in [3.05, 3.63) is 60.0 Å². The highest BCUT2D eigenvalue weighted by molar-refractivity contribution is 6.31. The van der Waals surface area contributed by atoms with Crippen molar-refractivity contribution in [2.24, 2.45) is 0 Å². The number of rotatable bonds is 7. The average molecular weight is 428 g/mol. The van der Waals surface area contributed by atoms with Crippen LogP contribution >= 0.6 is 11.6 Å². The second kappa shape index (κ2) is 9.82. The van der Waals surface area contributed by atoms with E-state index in [2.05, 4.69) is 11.8 Å². The number of carbonyl (C=O) groups excluding carboxylic acids is 1. The quantitative estimate of drug-likeness (QED) is 0.539. The van der Waals surface area contributed by atoms with Gasteiger partial charge in [0.05, 0.1) is 29.2 Å². The number of nitrogens with zero attached hydrogens (tertiary/aromatic N) is 2. The van der Waals surface area contributed by atoms with Gasteiger partial charge < -0.3 is 19.3 Å². The van der Waals surface area contributed by atoms with E-state index < -0.39 is 0 Å². The van der Waals surface area contributed by atoms with Gasteiger partial charge >= 0.3 is 0 Å². The molecule has 0 saturated carbocycles. The Labute approximate surface area is 183 Å². The van der Waals surface area contributed by atoms with Crippen LogP contribution < -0.4 is 9.80 Å². The monoisotopic (exact) mass is 427 g/mol. The maximum absolute atomic E-state index is 13.5. The third-order valence-corrected chi connectivity index (χ3v) is 5.77. The summed E-state index contributed by atoms with van der Waals surface area (Å²) >= 11 is 6.29. The summed E-state index contributed by atoms with van der Waals surface area (Å²) in [5.74, 6) is -0.0189. The van der Waals surface area contributed by atoms with Gasteiger partial charge in [0.1, 0.15) is 0 Å². The Morgan fingerprint density at radius 3 is 2.60 bits per heavy atom. The van der Waals surface area contributed by atoms with Crippen LogP contribution in [0, 0.1) is 6.92 Å². The van der Waals surface area contributed by atoms with Crippen LogP contribution in [-0.2, 0) is 9.47 Å². The van der Waals surface area contributed by atoms with Gasteiger partial charge in [-0.3, -0.25) is 4.79 Å². The molecule has 2 aromatic carbocycles. The van der Waals surface area contributed by atoms with Gasteiger partial charge in [-0.2, -0.15) is 0 Å². The minimum absolute atomic E-state index is 0.0189. The highest BCUT2D eigenvalue weighted by Crippen LogP contribution is 2.41. The summed E-state index contributed by atoms with van der Waals surface area (Å²) in [4.78, 5) is 17.5. The van der Waals surface area contributed by atoms with Gasteiger partial charge in [0, 0.05) is 24.7 Å². The van der Waals surface area contributed by atoms with Gasteiger partial charge in [-0.1, -0.05) is 30.7 Å². The van der Waals surface area contributed by atoms with E-state index in [1.807, 2.05) is 41.3 Å². The van der Waals surface area contributed by atoms with E-state index >= 15 is 0 Å². The van der Waals surface area contributed by atoms with Crippen molar-refractivity contribution in [1.29, 1.82) is 0 Å². The van der Waals surface area contributed by atoms with Crippen LogP contribution in [0.2, 0.25) is 5.02 Å². The third kappa shape index (κ3) is 4.48. The number of fused-ring (bicyclic) bond motifs is 2. The van der Waals surface area contributed by atoms with Gasteiger partial charge in [0.25, 0.3) is 5.91 Å². The van der Waals surface area contributed by atoms with Crippen LogP contribution in [0.4, 0.5) is 17.1 Å². The molecule has 4 rings (SSSR count). The summed E-state index contributed by atoms with van der Waals surface area (Å²) in [7, 11) is 0. The predicted molar refractivity (Wildman–Crippen MR) is 121 cm³/mol. The fourth-order valence-electron chi connectivity index (χ4n) is 4.12. The number of halogens is 1. The number of benzene rings is 2. The molecule has 159 valence electrons. The number of hydrogen-bond donors (Lipinski definition) is 0. The second-order valence-corrected chi connectivity index (χ2v) is 8.07. The Kier molecular flexibility index (Phi) is 6.93. The molecule has 0 aliphatic carbocycles. The largest absolute Gasteiger partial charge is 0.353 e. The molecule has 1 unspecified atom stereocenters. The number of amides is 1. The molecule has 2 aliphatic heterocycles. The maximum atomic E-state index is 13.5. The molecule has 1 radical (unpaired) electrons. The van der Waals surface area contributed by atoms with E-state index in [9.17, 15) is 4.79 Å². The number of ether oxygens (including phenoxy) is 2. The van der Waals surface area contributed by atoms with E-state index in [1.165, 1.54) is 0 Å². The normalized spacial score (nSPS) is 18.7. The van der Waals surface area contributed by atoms with Crippen molar-refractivity contribution >= 4 is 34.6 Å². The maximum Gasteiger partial charge on any atom is 0.260 e. The summed E-state index contributed by atoms with van der Waals surface area (Å²) in [6, 6.07) is 13.5. The Balaban J connectivity index is 1.58. The van der Waals surface area contributed by atoms with Gasteiger partial charge in [-0.05, 0) is 62.4 Å². The van der Waals surface area contributed by atoms with Crippen LogP contribution in [0.5, 0.6) is 0 Å². The van der Waals surface area contributed by atoms with Crippen LogP contribution in [-0.4, -0.2) is 38.5 Å². The minimum Gasteiger partial charge on any atom is -0.353 e. The first kappa shape index (κ1) is 21.2. The minimum atomic E-state index is -0.110. The first-order valence-electron chi connectivity index (χ1n) is 10.7. The van der Waals surface area contributed by atoms with E-state index in [4.69, 9.17) is 21.1 Å². The number of hydrogen-bond acceptors (Lipinski definition) is 4. The first-order valence-corrected chi connectivity index (χ1v) is 11.1. The molecule has 0 N–H and O–H groups in total. The zero-order valence-corrected chi connectivity index (χ0v) is 17.9. The molecule has 1 amide bonds. The number of carbonyl (C=O) groups is 1. The van der Waals surface area contributed by atoms with Gasteiger partial charge in [0.15, 0.2) is 6.29 Å². The van der Waals surface area contributed by atoms with Gasteiger partial charge in [-0.15, -0.1) is 0 Å². The number of anilines is 3. The lowest BCUT2D eigenvalue weighted by Gasteiger charge is -2.27. The Bertz CT molecular complexity index is 883. The zero-order chi connectivity index (χ0) is 20.9. The second-order valence-electron chi connectivity index (χ2n) is 7.63. The van der Waals surface area contributed by atoms with Crippen molar-refractivity contribution < 1.29 is 14.3 Å². The molecule has 2 heterocycles. The zero-order valence-electron chi connectivity index (χ0n) is 17.2. The van der Waals surface area contributed by atoms with E-state index in [-0.39, 0.29) is 12.2 Å². The molecule has 2 aliphatic rings. The Morgan fingerprint density at radius 1 is 1.07 bits per heavy atom. The molecular formula is C24H28ClN2O3. The fraction of sp³-hybridized carbons (Fsp3) is 0.417. The van der Waals surface area contributed by atoms with Crippen LogP contribution in [0.15, 0.2) is 42.5 Å². The number of para-hydroxylation sites is 2. The average Bonchev–Trinajstić information content (AvgIpc) is 2.86. The topological polar surface area (TPSA) is 42.0 Å². The third-order valence-electron chi connectivity index (χ3n) is 5.54. The molecule has 1 saturated heterocycles. The van der Waals surface area contributed by atoms with E-state index in [0.717, 1.165) is 49.4 Å². The van der Waals surface area contributed by atoms with Gasteiger partial charge in [0.2, 0.25) is 0 Å². The van der Waals surface area contributed by atoms with Crippen LogP contribution in [0.25, 0.3) is 0 Å². The van der Waals surface area contributed by atoms with Gasteiger partial charge in [-0.25, -0.2) is 0 Å². The van der Waals surface area contributed by atoms with E-state index in [0.29, 0.717) is 36.7 Å². The van der Waals surface area contributed by atoms with E-state index in [1.54, 1.807) is 6.07 Å². The summed E-state index contributed by atoms with van der Waals surface area (Å²) < 4.78 is 11.5. The van der Waals surface area contributed by atoms with Crippen LogP contribution in [0.3, 0.4) is 0 Å². The Morgan fingerprint density at radius 2 is 1.87 bits per heavy atom. The molecule has 5 nitrogen and oxygen atoms in total. The molecule has 0 spiro atoms. The van der Waals surface area contributed by atoms with Crippen LogP contribution in [0.1, 0.15) is 42.5 Å². The molecule has 6 heteroatoms. The van der Waals surface area contributed by atoms with Crippen molar-refractivity contribution in [3.63, 3.8) is 0 Å². The first-order chi connectivity index (χ1) is 14.7. The summed E-state index contributed by atoms with van der Waals surface area (Å²) in [6.45, 7) is 6.62. The summed E-state index contributed by atoms with van der Waals surface area (Å²) in [5.41, 5.74) is 3.38. The fourth-order valence-corrected chi connectivity index (χ4v) is 4.28.